The number of nitrogens with zero attached hydrogens (tertiary/aromatic N) is 1. The van der Waals surface area contributed by atoms with E-state index in [-0.39, 0.29) is 16.6 Å². The van der Waals surface area contributed by atoms with Gasteiger partial charge in [-0.05, 0) is 67.2 Å². The lowest BCUT2D eigenvalue weighted by Gasteiger charge is -2.17. The highest BCUT2D eigenvalue weighted by atomic mass is 32.2. The van der Waals surface area contributed by atoms with Crippen molar-refractivity contribution >= 4 is 45.0 Å². The molecule has 2 N–H and O–H groups in total. The molecular weight excluding hydrogens is 446 g/mol. The van der Waals surface area contributed by atoms with Crippen molar-refractivity contribution in [1.82, 2.24) is 9.62 Å². The average Bonchev–Trinajstić information content (AvgIpc) is 3.18. The fourth-order valence-corrected chi connectivity index (χ4v) is 4.21. The first-order valence-corrected chi connectivity index (χ1v) is 11.6. The molecule has 0 radical (unpaired) electrons. The maximum atomic E-state index is 12.8. The summed E-state index contributed by atoms with van der Waals surface area (Å²) in [7, 11) is -2.11. The standard InChI is InChI=1S/C23H23N3O4S2/c1-17-8-11-20(30-17)12-15-22(27)25-23(31)24-19-9-13-21(14-10-19)32(28,29)26(2)16-18-6-4-3-5-7-18/h3-15H,16H2,1-2H3,(H2,24,25,27,31)/b15-12+. The van der Waals surface area contributed by atoms with E-state index in [0.29, 0.717) is 11.4 Å². The third kappa shape index (κ3) is 6.36. The number of thiocarbonyl (C=S) groups is 1. The van der Waals surface area contributed by atoms with Crippen LogP contribution in [0.1, 0.15) is 17.1 Å². The topological polar surface area (TPSA) is 91.7 Å². The molecule has 1 amide bonds. The van der Waals surface area contributed by atoms with E-state index in [1.165, 1.54) is 35.6 Å². The molecule has 1 heterocycles. The second-order valence-corrected chi connectivity index (χ2v) is 9.45. The summed E-state index contributed by atoms with van der Waals surface area (Å²) in [5.74, 6) is 0.891. The van der Waals surface area contributed by atoms with Gasteiger partial charge in [0.05, 0.1) is 4.90 Å². The number of amides is 1. The van der Waals surface area contributed by atoms with E-state index in [1.807, 2.05) is 37.3 Å². The Kier molecular flexibility index (Phi) is 7.57. The van der Waals surface area contributed by atoms with Crippen LogP contribution in [0.3, 0.4) is 0 Å². The van der Waals surface area contributed by atoms with Crippen LogP contribution in [-0.4, -0.2) is 30.8 Å². The fourth-order valence-electron chi connectivity index (χ4n) is 2.83. The molecule has 3 rings (SSSR count). The molecule has 0 saturated heterocycles. The number of hydrogen-bond acceptors (Lipinski definition) is 5. The summed E-state index contributed by atoms with van der Waals surface area (Å²) < 4.78 is 32.3. The van der Waals surface area contributed by atoms with E-state index in [0.717, 1.165) is 11.3 Å². The Balaban J connectivity index is 1.56. The predicted molar refractivity (Wildman–Crippen MR) is 128 cm³/mol. The monoisotopic (exact) mass is 469 g/mol. The van der Waals surface area contributed by atoms with Gasteiger partial charge in [0.15, 0.2) is 5.11 Å². The van der Waals surface area contributed by atoms with Crippen LogP contribution in [0.2, 0.25) is 0 Å². The number of furan rings is 1. The van der Waals surface area contributed by atoms with E-state index in [9.17, 15) is 13.2 Å². The molecule has 0 saturated carbocycles. The lowest BCUT2D eigenvalue weighted by Crippen LogP contribution is -2.32. The van der Waals surface area contributed by atoms with Gasteiger partial charge in [-0.25, -0.2) is 8.42 Å². The average molecular weight is 470 g/mol. The van der Waals surface area contributed by atoms with Crippen LogP contribution in [-0.2, 0) is 21.4 Å². The van der Waals surface area contributed by atoms with E-state index >= 15 is 0 Å². The van der Waals surface area contributed by atoms with Crippen LogP contribution >= 0.6 is 12.2 Å². The van der Waals surface area contributed by atoms with Crippen LogP contribution in [0.5, 0.6) is 0 Å². The maximum absolute atomic E-state index is 12.8. The van der Waals surface area contributed by atoms with E-state index in [1.54, 1.807) is 24.3 Å². The lowest BCUT2D eigenvalue weighted by molar-refractivity contribution is -0.115. The minimum atomic E-state index is -3.65. The molecule has 0 atom stereocenters. The number of anilines is 1. The molecule has 7 nitrogen and oxygen atoms in total. The lowest BCUT2D eigenvalue weighted by atomic mass is 10.2. The summed E-state index contributed by atoms with van der Waals surface area (Å²) in [5.41, 5.74) is 1.44. The first-order valence-electron chi connectivity index (χ1n) is 9.71. The predicted octanol–water partition coefficient (Wildman–Crippen LogP) is 3.94. The largest absolute Gasteiger partial charge is 0.462 e. The molecule has 9 heteroatoms. The second-order valence-electron chi connectivity index (χ2n) is 7.00. The molecule has 32 heavy (non-hydrogen) atoms. The first-order chi connectivity index (χ1) is 15.2. The zero-order chi connectivity index (χ0) is 23.1. The zero-order valence-electron chi connectivity index (χ0n) is 17.6. The van der Waals surface area contributed by atoms with Crippen molar-refractivity contribution in [3.05, 3.63) is 89.9 Å². The van der Waals surface area contributed by atoms with E-state index < -0.39 is 15.9 Å². The number of aryl methyl sites for hydroxylation is 1. The summed E-state index contributed by atoms with van der Waals surface area (Å²) in [6.07, 6.45) is 2.85. The number of benzene rings is 2. The van der Waals surface area contributed by atoms with E-state index in [2.05, 4.69) is 10.6 Å². The van der Waals surface area contributed by atoms with Crippen LogP contribution in [0.15, 0.2) is 82.1 Å². The van der Waals surface area contributed by atoms with Crippen molar-refractivity contribution < 1.29 is 17.6 Å². The minimum Gasteiger partial charge on any atom is -0.462 e. The molecule has 166 valence electrons. The molecule has 0 spiro atoms. The number of carbonyl (C=O) groups is 1. The number of sulfonamides is 1. The number of hydrogen-bond donors (Lipinski definition) is 2. The van der Waals surface area contributed by atoms with Gasteiger partial charge in [0.2, 0.25) is 15.9 Å². The molecule has 0 fully saturated rings. The Morgan fingerprint density at radius 1 is 1.06 bits per heavy atom. The summed E-state index contributed by atoms with van der Waals surface area (Å²) in [4.78, 5) is 12.1. The number of nitrogens with one attached hydrogen (secondary N) is 2. The molecule has 0 bridgehead atoms. The molecule has 0 unspecified atom stereocenters. The van der Waals surface area contributed by atoms with E-state index in [4.69, 9.17) is 16.6 Å². The third-order valence-corrected chi connectivity index (χ3v) is 6.49. The third-order valence-electron chi connectivity index (χ3n) is 4.47. The smallest absolute Gasteiger partial charge is 0.250 e. The first kappa shape index (κ1) is 23.4. The summed E-state index contributed by atoms with van der Waals surface area (Å²) in [6, 6.07) is 19.1. The van der Waals surface area contributed by atoms with Gasteiger partial charge in [0, 0.05) is 25.4 Å². The fraction of sp³-hybridized carbons (Fsp3) is 0.130. The summed E-state index contributed by atoms with van der Waals surface area (Å²) >= 11 is 5.14. The molecule has 0 aliphatic rings. The second kappa shape index (κ2) is 10.4. The molecule has 0 aliphatic carbocycles. The maximum Gasteiger partial charge on any atom is 0.250 e. The Morgan fingerprint density at radius 3 is 2.38 bits per heavy atom. The molecule has 1 aromatic heterocycles. The van der Waals surface area contributed by atoms with Crippen molar-refractivity contribution in [3.8, 4) is 0 Å². The highest BCUT2D eigenvalue weighted by molar-refractivity contribution is 7.89. The zero-order valence-corrected chi connectivity index (χ0v) is 19.2. The van der Waals surface area contributed by atoms with Crippen molar-refractivity contribution in [3.63, 3.8) is 0 Å². The number of carbonyl (C=O) groups excluding carboxylic acids is 1. The molecule has 3 aromatic rings. The van der Waals surface area contributed by atoms with Crippen molar-refractivity contribution in [2.75, 3.05) is 12.4 Å². The van der Waals surface area contributed by atoms with Gasteiger partial charge in [-0.3, -0.25) is 10.1 Å². The molecule has 2 aromatic carbocycles. The van der Waals surface area contributed by atoms with Gasteiger partial charge in [0.25, 0.3) is 0 Å². The summed E-state index contributed by atoms with van der Waals surface area (Å²) in [5, 5.41) is 5.47. The highest BCUT2D eigenvalue weighted by Gasteiger charge is 2.20. The van der Waals surface area contributed by atoms with Crippen LogP contribution < -0.4 is 10.6 Å². The van der Waals surface area contributed by atoms with Gasteiger partial charge < -0.3 is 9.73 Å². The van der Waals surface area contributed by atoms with Gasteiger partial charge in [-0.2, -0.15) is 4.31 Å². The van der Waals surface area contributed by atoms with Gasteiger partial charge in [0.1, 0.15) is 11.5 Å². The normalized spacial score (nSPS) is 11.6. The molecular formula is C23H23N3O4S2. The van der Waals surface area contributed by atoms with Gasteiger partial charge in [-0.1, -0.05) is 30.3 Å². The molecule has 0 aliphatic heterocycles. The van der Waals surface area contributed by atoms with Gasteiger partial charge in [-0.15, -0.1) is 0 Å². The Bertz CT molecular complexity index is 1220. The number of rotatable bonds is 7. The van der Waals surface area contributed by atoms with Crippen LogP contribution in [0.25, 0.3) is 6.08 Å². The minimum absolute atomic E-state index is 0.0899. The Hall–Kier alpha value is -3.27. The SMILES string of the molecule is Cc1ccc(/C=C/C(=O)NC(=S)Nc2ccc(S(=O)(=O)N(C)Cc3ccccc3)cc2)o1. The van der Waals surface area contributed by atoms with Crippen LogP contribution in [0.4, 0.5) is 5.69 Å². The quantitative estimate of drug-likeness (QED) is 0.402. The Labute approximate surface area is 192 Å². The van der Waals surface area contributed by atoms with Crippen molar-refractivity contribution in [2.45, 2.75) is 18.4 Å². The summed E-state index contributed by atoms with van der Waals surface area (Å²) in [6.45, 7) is 2.08. The van der Waals surface area contributed by atoms with Crippen molar-refractivity contribution in [2.24, 2.45) is 0 Å². The van der Waals surface area contributed by atoms with Gasteiger partial charge >= 0.3 is 0 Å². The highest BCUT2D eigenvalue weighted by Crippen LogP contribution is 2.19. The van der Waals surface area contributed by atoms with Crippen molar-refractivity contribution in [1.29, 1.82) is 0 Å². The van der Waals surface area contributed by atoms with Crippen LogP contribution in [0, 0.1) is 6.92 Å². The Morgan fingerprint density at radius 2 is 1.75 bits per heavy atom.